The Balaban J connectivity index is 3.13. The van der Waals surface area contributed by atoms with Gasteiger partial charge in [0.1, 0.15) is 11.6 Å². The van der Waals surface area contributed by atoms with Gasteiger partial charge in [-0.05, 0) is 0 Å². The van der Waals surface area contributed by atoms with Gasteiger partial charge in [-0.15, -0.1) is 0 Å². The van der Waals surface area contributed by atoms with Crippen LogP contribution in [0.4, 0.5) is 5.82 Å². The van der Waals surface area contributed by atoms with Crippen molar-refractivity contribution in [1.29, 1.82) is 0 Å². The molecule has 1 rings (SSSR count). The predicted molar refractivity (Wildman–Crippen MR) is 58.3 cm³/mol. The standard InChI is InChI=1S/C10H18N4/c1-7(2)10-12-8(6-11)5-9(13-10)14(3)4/h5,7H,6,11H2,1-4H3. The molecule has 0 aliphatic rings. The fourth-order valence-electron chi connectivity index (χ4n) is 1.09. The highest BCUT2D eigenvalue weighted by molar-refractivity contribution is 5.38. The van der Waals surface area contributed by atoms with Gasteiger partial charge in [0.2, 0.25) is 0 Å². The van der Waals surface area contributed by atoms with Gasteiger partial charge in [0.15, 0.2) is 0 Å². The van der Waals surface area contributed by atoms with Crippen molar-refractivity contribution < 1.29 is 0 Å². The maximum atomic E-state index is 5.58. The zero-order valence-corrected chi connectivity index (χ0v) is 9.28. The normalized spacial score (nSPS) is 10.7. The monoisotopic (exact) mass is 194 g/mol. The van der Waals surface area contributed by atoms with Crippen LogP contribution in [-0.2, 0) is 6.54 Å². The van der Waals surface area contributed by atoms with Crippen molar-refractivity contribution in [1.82, 2.24) is 9.97 Å². The summed E-state index contributed by atoms with van der Waals surface area (Å²) in [6.07, 6.45) is 0. The van der Waals surface area contributed by atoms with Gasteiger partial charge in [0.05, 0.1) is 5.69 Å². The molecular weight excluding hydrogens is 176 g/mol. The van der Waals surface area contributed by atoms with Crippen molar-refractivity contribution in [2.45, 2.75) is 26.3 Å². The first-order valence-corrected chi connectivity index (χ1v) is 4.79. The van der Waals surface area contributed by atoms with Gasteiger partial charge in [0, 0.05) is 32.6 Å². The zero-order valence-electron chi connectivity index (χ0n) is 9.28. The van der Waals surface area contributed by atoms with E-state index in [2.05, 4.69) is 23.8 Å². The summed E-state index contributed by atoms with van der Waals surface area (Å²) in [6, 6.07) is 1.92. The molecule has 0 amide bonds. The predicted octanol–water partition coefficient (Wildman–Crippen LogP) is 1.12. The minimum absolute atomic E-state index is 0.334. The van der Waals surface area contributed by atoms with Crippen LogP contribution in [0.3, 0.4) is 0 Å². The van der Waals surface area contributed by atoms with Crippen LogP contribution in [0.1, 0.15) is 31.3 Å². The largest absolute Gasteiger partial charge is 0.363 e. The van der Waals surface area contributed by atoms with Crippen LogP contribution < -0.4 is 10.6 Å². The first-order valence-electron chi connectivity index (χ1n) is 4.79. The molecule has 1 aromatic rings. The smallest absolute Gasteiger partial charge is 0.133 e. The van der Waals surface area contributed by atoms with Crippen LogP contribution in [0.5, 0.6) is 0 Å². The van der Waals surface area contributed by atoms with E-state index in [1.165, 1.54) is 0 Å². The van der Waals surface area contributed by atoms with Gasteiger partial charge < -0.3 is 10.6 Å². The molecule has 0 radical (unpaired) electrons. The van der Waals surface area contributed by atoms with E-state index >= 15 is 0 Å². The van der Waals surface area contributed by atoms with Gasteiger partial charge in [-0.3, -0.25) is 0 Å². The molecule has 0 atom stereocenters. The Labute approximate surface area is 85.2 Å². The molecule has 1 aromatic heterocycles. The van der Waals surface area contributed by atoms with E-state index in [1.54, 1.807) is 0 Å². The van der Waals surface area contributed by atoms with Gasteiger partial charge in [0.25, 0.3) is 0 Å². The van der Waals surface area contributed by atoms with Gasteiger partial charge in [-0.2, -0.15) is 0 Å². The van der Waals surface area contributed by atoms with Gasteiger partial charge in [-0.25, -0.2) is 9.97 Å². The minimum atomic E-state index is 0.334. The van der Waals surface area contributed by atoms with Crippen molar-refractivity contribution >= 4 is 5.82 Å². The summed E-state index contributed by atoms with van der Waals surface area (Å²) < 4.78 is 0. The summed E-state index contributed by atoms with van der Waals surface area (Å²) in [6.45, 7) is 4.62. The SMILES string of the molecule is CC(C)c1nc(CN)cc(N(C)C)n1. The molecule has 1 heterocycles. The second-order valence-corrected chi connectivity index (χ2v) is 3.83. The molecule has 0 aromatic carbocycles. The summed E-state index contributed by atoms with van der Waals surface area (Å²) in [5.41, 5.74) is 6.47. The molecule has 4 nitrogen and oxygen atoms in total. The number of anilines is 1. The molecule has 0 saturated carbocycles. The van der Waals surface area contributed by atoms with Crippen LogP contribution in [0.15, 0.2) is 6.07 Å². The Morgan fingerprint density at radius 2 is 2.00 bits per heavy atom. The van der Waals surface area contributed by atoms with Crippen molar-refractivity contribution in [2.75, 3.05) is 19.0 Å². The van der Waals surface area contributed by atoms with E-state index in [0.29, 0.717) is 12.5 Å². The lowest BCUT2D eigenvalue weighted by Gasteiger charge is -2.14. The van der Waals surface area contributed by atoms with E-state index in [4.69, 9.17) is 5.73 Å². The lowest BCUT2D eigenvalue weighted by atomic mass is 10.2. The van der Waals surface area contributed by atoms with Crippen LogP contribution in [0.25, 0.3) is 0 Å². The number of aromatic nitrogens is 2. The average molecular weight is 194 g/mol. The van der Waals surface area contributed by atoms with Crippen molar-refractivity contribution in [3.05, 3.63) is 17.6 Å². The Bertz CT molecular complexity index is 281. The van der Waals surface area contributed by atoms with E-state index < -0.39 is 0 Å². The summed E-state index contributed by atoms with van der Waals surface area (Å²) in [5.74, 6) is 2.11. The first-order chi connectivity index (χ1) is 6.54. The molecule has 0 fully saturated rings. The maximum absolute atomic E-state index is 5.58. The first kappa shape index (κ1) is 10.9. The Morgan fingerprint density at radius 1 is 1.36 bits per heavy atom. The van der Waals surface area contributed by atoms with Crippen molar-refractivity contribution in [3.63, 3.8) is 0 Å². The van der Waals surface area contributed by atoms with Gasteiger partial charge in [-0.1, -0.05) is 13.8 Å². The second-order valence-electron chi connectivity index (χ2n) is 3.83. The Morgan fingerprint density at radius 3 is 2.43 bits per heavy atom. The molecule has 4 heteroatoms. The Hall–Kier alpha value is -1.16. The maximum Gasteiger partial charge on any atom is 0.133 e. The van der Waals surface area contributed by atoms with E-state index in [-0.39, 0.29) is 0 Å². The average Bonchev–Trinajstić information content (AvgIpc) is 2.16. The summed E-state index contributed by atoms with van der Waals surface area (Å²) >= 11 is 0. The van der Waals surface area contributed by atoms with Crippen LogP contribution in [0, 0.1) is 0 Å². The fraction of sp³-hybridized carbons (Fsp3) is 0.600. The van der Waals surface area contributed by atoms with Crippen molar-refractivity contribution in [3.8, 4) is 0 Å². The fourth-order valence-corrected chi connectivity index (χ4v) is 1.09. The third-order valence-electron chi connectivity index (χ3n) is 1.97. The molecule has 14 heavy (non-hydrogen) atoms. The van der Waals surface area contributed by atoms with Crippen LogP contribution in [0.2, 0.25) is 0 Å². The van der Waals surface area contributed by atoms with E-state index in [1.807, 2.05) is 25.1 Å². The molecule has 2 N–H and O–H groups in total. The lowest BCUT2D eigenvalue weighted by molar-refractivity contribution is 0.752. The number of rotatable bonds is 3. The molecule has 0 saturated heterocycles. The van der Waals surface area contributed by atoms with Gasteiger partial charge >= 0.3 is 0 Å². The third-order valence-corrected chi connectivity index (χ3v) is 1.97. The molecule has 0 aliphatic carbocycles. The molecule has 0 unspecified atom stereocenters. The van der Waals surface area contributed by atoms with E-state index in [9.17, 15) is 0 Å². The molecule has 0 spiro atoms. The molecule has 78 valence electrons. The summed E-state index contributed by atoms with van der Waals surface area (Å²) in [4.78, 5) is 10.8. The number of nitrogens with zero attached hydrogens (tertiary/aromatic N) is 3. The highest BCUT2D eigenvalue weighted by Crippen LogP contribution is 2.15. The highest BCUT2D eigenvalue weighted by atomic mass is 15.1. The number of nitrogens with two attached hydrogens (primary N) is 1. The number of hydrogen-bond donors (Lipinski definition) is 1. The summed E-state index contributed by atoms with van der Waals surface area (Å²) in [7, 11) is 3.93. The minimum Gasteiger partial charge on any atom is -0.363 e. The molecule has 0 aliphatic heterocycles. The van der Waals surface area contributed by atoms with Crippen LogP contribution in [-0.4, -0.2) is 24.1 Å². The summed E-state index contributed by atoms with van der Waals surface area (Å²) in [5, 5.41) is 0. The van der Waals surface area contributed by atoms with Crippen molar-refractivity contribution in [2.24, 2.45) is 5.73 Å². The second kappa shape index (κ2) is 4.37. The molecular formula is C10H18N4. The third kappa shape index (κ3) is 2.42. The quantitative estimate of drug-likeness (QED) is 0.783. The molecule has 0 bridgehead atoms. The topological polar surface area (TPSA) is 55.0 Å². The van der Waals surface area contributed by atoms with Crippen LogP contribution >= 0.6 is 0 Å². The number of hydrogen-bond acceptors (Lipinski definition) is 4. The lowest BCUT2D eigenvalue weighted by Crippen LogP contribution is -2.15. The zero-order chi connectivity index (χ0) is 10.7. The Kier molecular flexibility index (Phi) is 3.41. The van der Waals surface area contributed by atoms with E-state index in [0.717, 1.165) is 17.3 Å². The highest BCUT2D eigenvalue weighted by Gasteiger charge is 2.07.